The van der Waals surface area contributed by atoms with E-state index in [1.54, 1.807) is 5.56 Å². The van der Waals surface area contributed by atoms with Gasteiger partial charge in [0.05, 0.1) is 5.52 Å². The third-order valence-electron chi connectivity index (χ3n) is 12.3. The summed E-state index contributed by atoms with van der Waals surface area (Å²) < 4.78 is 11.4. The summed E-state index contributed by atoms with van der Waals surface area (Å²) in [7, 11) is 0. The van der Waals surface area contributed by atoms with E-state index in [1.807, 2.05) is 0 Å². The second kappa shape index (κ2) is 11.6. The number of rotatable bonds is 4. The lowest BCUT2D eigenvalue weighted by molar-refractivity contribution is 0.506. The topological polar surface area (TPSA) is 23.0 Å². The molecule has 1 unspecified atom stereocenters. The van der Waals surface area contributed by atoms with E-state index in [2.05, 4.69) is 124 Å². The van der Waals surface area contributed by atoms with Crippen LogP contribution in [0.1, 0.15) is 83.8 Å². The molecule has 0 aliphatic heterocycles. The summed E-state index contributed by atoms with van der Waals surface area (Å²) in [6.45, 7) is 0. The lowest BCUT2D eigenvalue weighted by atomic mass is 9.88. The van der Waals surface area contributed by atoms with Crippen molar-refractivity contribution in [3.63, 3.8) is 0 Å². The first kappa shape index (κ1) is 29.5. The Bertz CT molecular complexity index is 2660. The van der Waals surface area contributed by atoms with Gasteiger partial charge in [-0.15, -0.1) is 0 Å². The van der Waals surface area contributed by atoms with Gasteiger partial charge >= 0.3 is 0 Å². The number of allylic oxidation sites excluding steroid dienone is 1. The van der Waals surface area contributed by atoms with Crippen molar-refractivity contribution >= 4 is 40.1 Å². The molecule has 4 aliphatic carbocycles. The van der Waals surface area contributed by atoms with Crippen LogP contribution >= 0.6 is 0 Å². The van der Waals surface area contributed by atoms with Gasteiger partial charge in [-0.25, -0.2) is 0 Å². The molecular formula is C48H42N2O. The number of nitrogens with zero attached hydrogens (tertiary/aromatic N) is 2. The van der Waals surface area contributed by atoms with Gasteiger partial charge in [-0.2, -0.15) is 0 Å². The maximum atomic E-state index is 6.33. The Morgan fingerprint density at radius 1 is 0.627 bits per heavy atom. The molecule has 250 valence electrons. The number of aromatic nitrogens is 2. The molecule has 4 aromatic carbocycles. The first-order valence-corrected chi connectivity index (χ1v) is 19.3. The highest BCUT2D eigenvalue weighted by Gasteiger charge is 2.25. The Labute approximate surface area is 298 Å². The number of fused-ring (bicyclic) bond motifs is 9. The van der Waals surface area contributed by atoms with Crippen molar-refractivity contribution in [2.24, 2.45) is 0 Å². The average Bonchev–Trinajstić information content (AvgIpc) is 3.85. The maximum absolute atomic E-state index is 6.33. The van der Waals surface area contributed by atoms with Gasteiger partial charge in [0.1, 0.15) is 11.3 Å². The van der Waals surface area contributed by atoms with E-state index < -0.39 is 0 Å². The zero-order valence-corrected chi connectivity index (χ0v) is 29.1. The normalized spacial score (nSPS) is 17.8. The van der Waals surface area contributed by atoms with Crippen LogP contribution in [0.25, 0.3) is 62.6 Å². The third kappa shape index (κ3) is 4.63. The van der Waals surface area contributed by atoms with Gasteiger partial charge in [0, 0.05) is 62.0 Å². The number of hydrogen-bond acceptors (Lipinski definition) is 1. The summed E-state index contributed by atoms with van der Waals surface area (Å²) in [5, 5.41) is 5.58. The van der Waals surface area contributed by atoms with Crippen molar-refractivity contribution in [1.29, 1.82) is 0 Å². The number of aryl methyl sites for hydroxylation is 3. The standard InChI is InChI=1S/C48H42N2O/c1-2-10-31(11-3-1)32-18-22-35(23-19-32)49-43-15-7-4-12-37(43)40-28-33(20-25-45(40)49)34-21-26-46-41(29-34)38-13-5-8-16-44(38)50(46)36-24-27-48-42(30-36)39-14-6-9-17-47(39)51-48/h1-3,7,10-11,15,18-19,21-30,33H,4-6,8-9,12-14,16-17,20H2. The third-order valence-corrected chi connectivity index (χ3v) is 12.3. The van der Waals surface area contributed by atoms with Crippen LogP contribution in [0.15, 0.2) is 101 Å². The predicted molar refractivity (Wildman–Crippen MR) is 210 cm³/mol. The van der Waals surface area contributed by atoms with Gasteiger partial charge < -0.3 is 13.6 Å². The Morgan fingerprint density at radius 2 is 1.43 bits per heavy atom. The second-order valence-corrected chi connectivity index (χ2v) is 15.2. The lowest BCUT2D eigenvalue weighted by Gasteiger charge is -2.16. The van der Waals surface area contributed by atoms with Crippen molar-refractivity contribution in [1.82, 2.24) is 9.13 Å². The van der Waals surface area contributed by atoms with E-state index in [0.29, 0.717) is 5.92 Å². The highest BCUT2D eigenvalue weighted by molar-refractivity contribution is 5.91. The van der Waals surface area contributed by atoms with Crippen molar-refractivity contribution < 1.29 is 4.42 Å². The van der Waals surface area contributed by atoms with Crippen molar-refractivity contribution in [2.75, 3.05) is 0 Å². The van der Waals surface area contributed by atoms with Gasteiger partial charge in [0.25, 0.3) is 0 Å². The molecule has 3 heterocycles. The molecule has 0 fully saturated rings. The van der Waals surface area contributed by atoms with Gasteiger partial charge in [-0.3, -0.25) is 0 Å². The summed E-state index contributed by atoms with van der Waals surface area (Å²) in [6, 6.07) is 34.2. The molecule has 3 aromatic heterocycles. The van der Waals surface area contributed by atoms with Crippen LogP contribution in [0.4, 0.5) is 0 Å². The van der Waals surface area contributed by atoms with Crippen LogP contribution in [0.3, 0.4) is 0 Å². The molecular weight excluding hydrogens is 621 g/mol. The molecule has 11 rings (SSSR count). The molecule has 51 heavy (non-hydrogen) atoms. The smallest absolute Gasteiger partial charge is 0.134 e. The Morgan fingerprint density at radius 3 is 2.33 bits per heavy atom. The van der Waals surface area contributed by atoms with E-state index in [4.69, 9.17) is 4.42 Å². The lowest BCUT2D eigenvalue weighted by Crippen LogP contribution is -2.33. The van der Waals surface area contributed by atoms with Crippen LogP contribution in [0.5, 0.6) is 0 Å². The van der Waals surface area contributed by atoms with E-state index in [0.717, 1.165) is 44.1 Å². The molecule has 1 atom stereocenters. The van der Waals surface area contributed by atoms with Crippen molar-refractivity contribution in [3.05, 3.63) is 147 Å². The molecule has 0 saturated heterocycles. The van der Waals surface area contributed by atoms with Gasteiger partial charge in [-0.05, 0) is 141 Å². The fourth-order valence-electron chi connectivity index (χ4n) is 9.85. The largest absolute Gasteiger partial charge is 0.461 e. The maximum Gasteiger partial charge on any atom is 0.134 e. The highest BCUT2D eigenvalue weighted by atomic mass is 16.3. The van der Waals surface area contributed by atoms with Gasteiger partial charge in [0.2, 0.25) is 0 Å². The van der Waals surface area contributed by atoms with Gasteiger partial charge in [0.15, 0.2) is 0 Å². The van der Waals surface area contributed by atoms with E-state index in [9.17, 15) is 0 Å². The molecule has 0 saturated carbocycles. The molecule has 0 N–H and O–H groups in total. The molecule has 7 aromatic rings. The number of furan rings is 1. The minimum Gasteiger partial charge on any atom is -0.461 e. The molecule has 0 bridgehead atoms. The highest BCUT2D eigenvalue weighted by Crippen LogP contribution is 2.39. The van der Waals surface area contributed by atoms with Crippen molar-refractivity contribution in [2.45, 2.75) is 76.5 Å². The average molecular weight is 663 g/mol. The van der Waals surface area contributed by atoms with Crippen LogP contribution < -0.4 is 10.6 Å². The van der Waals surface area contributed by atoms with Gasteiger partial charge in [-0.1, -0.05) is 66.8 Å². The number of hydrogen-bond donors (Lipinski definition) is 0. The first-order chi connectivity index (χ1) is 25.3. The zero-order chi connectivity index (χ0) is 33.5. The fraction of sp³-hybridized carbons (Fsp3) is 0.250. The second-order valence-electron chi connectivity index (χ2n) is 15.2. The Hall–Kier alpha value is -5.28. The molecule has 0 spiro atoms. The van der Waals surface area contributed by atoms with Crippen molar-refractivity contribution in [3.8, 4) is 22.5 Å². The summed E-state index contributed by atoms with van der Waals surface area (Å²) in [4.78, 5) is 0. The molecule has 0 amide bonds. The minimum absolute atomic E-state index is 0.365. The van der Waals surface area contributed by atoms with Crippen LogP contribution in [0.2, 0.25) is 0 Å². The van der Waals surface area contributed by atoms with Crippen LogP contribution in [0, 0.1) is 0 Å². The first-order valence-electron chi connectivity index (χ1n) is 19.3. The van der Waals surface area contributed by atoms with E-state index in [1.165, 1.54) is 115 Å². The van der Waals surface area contributed by atoms with Crippen LogP contribution in [-0.4, -0.2) is 9.13 Å². The Balaban J connectivity index is 1.01. The zero-order valence-electron chi connectivity index (χ0n) is 29.1. The van der Waals surface area contributed by atoms with E-state index >= 15 is 0 Å². The fourth-order valence-corrected chi connectivity index (χ4v) is 9.85. The summed E-state index contributed by atoms with van der Waals surface area (Å²) in [5.74, 6) is 1.58. The summed E-state index contributed by atoms with van der Waals surface area (Å²) >= 11 is 0. The minimum atomic E-state index is 0.365. The molecule has 0 radical (unpaired) electrons. The summed E-state index contributed by atoms with van der Waals surface area (Å²) in [6.07, 6.45) is 22.6. The Kier molecular flexibility index (Phi) is 6.72. The molecule has 4 aliphatic rings. The van der Waals surface area contributed by atoms with E-state index in [-0.39, 0.29) is 0 Å². The quantitative estimate of drug-likeness (QED) is 0.184. The SMILES string of the molecule is C1=Cc2c(c3c(n2-c2ccc(-c4ccccc4)cc2)=CCC(c2ccc4c(c2)c2c(n4-c4ccc5oc6c(c5c4)CCCC6)CCCC2)C=3)CC1. The predicted octanol–water partition coefficient (Wildman–Crippen LogP) is 10.3. The monoisotopic (exact) mass is 662 g/mol. The van der Waals surface area contributed by atoms with Crippen LogP contribution in [-0.2, 0) is 32.1 Å². The number of benzene rings is 4. The molecule has 3 heteroatoms. The summed E-state index contributed by atoms with van der Waals surface area (Å²) in [5.41, 5.74) is 16.3. The molecule has 3 nitrogen and oxygen atoms in total.